The van der Waals surface area contributed by atoms with Crippen molar-refractivity contribution in [1.29, 1.82) is 0 Å². The van der Waals surface area contributed by atoms with E-state index in [4.69, 9.17) is 0 Å². The van der Waals surface area contributed by atoms with Crippen LogP contribution >= 0.6 is 0 Å². The molecule has 1 rings (SSSR count). The molecule has 0 radical (unpaired) electrons. The molecule has 0 aromatic rings. The molecule has 0 bridgehead atoms. The van der Waals surface area contributed by atoms with Crippen molar-refractivity contribution in [2.24, 2.45) is 5.92 Å². The Kier molecular flexibility index (Phi) is 2.87. The highest BCUT2D eigenvalue weighted by Crippen LogP contribution is 2.29. The second-order valence-electron chi connectivity index (χ2n) is 5.41. The molecule has 70 valence electrons. The molecule has 1 aliphatic rings. The van der Waals surface area contributed by atoms with E-state index >= 15 is 0 Å². The summed E-state index contributed by atoms with van der Waals surface area (Å²) in [5.41, 5.74) is 0.379. The van der Waals surface area contributed by atoms with Crippen molar-refractivity contribution in [2.45, 2.75) is 45.5 Å². The first-order chi connectivity index (χ1) is 5.41. The van der Waals surface area contributed by atoms with E-state index in [1.807, 2.05) is 0 Å². The van der Waals surface area contributed by atoms with E-state index in [1.54, 1.807) is 0 Å². The van der Waals surface area contributed by atoms with Crippen molar-refractivity contribution in [3.05, 3.63) is 0 Å². The lowest BCUT2D eigenvalue weighted by molar-refractivity contribution is 0.168. The zero-order valence-corrected chi connectivity index (χ0v) is 9.22. The smallest absolute Gasteiger partial charge is 0.105 e. The molecular weight excluding hydrogens is 145 g/mol. The highest BCUT2D eigenvalue weighted by molar-refractivity contribution is 6.11. The maximum absolute atomic E-state index is 2.61. The lowest BCUT2D eigenvalue weighted by Gasteiger charge is -2.32. The monoisotopic (exact) mass is 167 g/mol. The second-order valence-corrected chi connectivity index (χ2v) is 5.41. The Morgan fingerprint density at radius 1 is 1.42 bits per heavy atom. The van der Waals surface area contributed by atoms with E-state index in [2.05, 4.69) is 40.4 Å². The molecule has 2 unspecified atom stereocenters. The van der Waals surface area contributed by atoms with Gasteiger partial charge in [-0.15, -0.1) is 0 Å². The first-order valence-electron chi connectivity index (χ1n) is 5.16. The van der Waals surface area contributed by atoms with Crippen LogP contribution in [0.25, 0.3) is 0 Å². The molecule has 12 heavy (non-hydrogen) atoms. The molecule has 0 N–H and O–H groups in total. The summed E-state index contributed by atoms with van der Waals surface area (Å²) in [4.78, 5) is 2.61. The molecule has 1 aliphatic heterocycles. The third-order valence-corrected chi connectivity index (χ3v) is 3.12. The van der Waals surface area contributed by atoms with E-state index in [0.717, 1.165) is 11.7 Å². The molecule has 0 amide bonds. The van der Waals surface area contributed by atoms with Crippen molar-refractivity contribution in [3.8, 4) is 0 Å². The predicted molar refractivity (Wildman–Crippen MR) is 57.4 cm³/mol. The minimum absolute atomic E-state index is 0.379. The van der Waals surface area contributed by atoms with Gasteiger partial charge in [-0.3, -0.25) is 4.90 Å². The molecular formula is C10H22BN. The Balaban J connectivity index is 2.46. The molecule has 2 atom stereocenters. The van der Waals surface area contributed by atoms with Crippen LogP contribution in [0.1, 0.15) is 34.1 Å². The van der Waals surface area contributed by atoms with E-state index in [1.165, 1.54) is 19.5 Å². The molecule has 2 heteroatoms. The van der Waals surface area contributed by atoms with Crippen LogP contribution in [0.5, 0.6) is 0 Å². The first-order valence-corrected chi connectivity index (χ1v) is 5.16. The number of likely N-dealkylation sites (tertiary alicyclic amines) is 1. The highest BCUT2D eigenvalue weighted by Gasteiger charge is 2.31. The van der Waals surface area contributed by atoms with Gasteiger partial charge in [0.1, 0.15) is 7.85 Å². The van der Waals surface area contributed by atoms with E-state index in [-0.39, 0.29) is 0 Å². The minimum Gasteiger partial charge on any atom is -0.298 e. The standard InChI is InChI=1S/C10H22BN/c1-8(11)9-5-6-12(7-9)10(2,3)4/h8-9H,5-7,11H2,1-4H3. The number of hydrogen-bond donors (Lipinski definition) is 0. The molecule has 0 aromatic carbocycles. The van der Waals surface area contributed by atoms with Crippen LogP contribution in [-0.4, -0.2) is 31.4 Å². The second kappa shape index (κ2) is 3.41. The molecule has 1 nitrogen and oxygen atoms in total. The normalized spacial score (nSPS) is 29.2. The molecule has 0 spiro atoms. The Morgan fingerprint density at radius 3 is 2.25 bits per heavy atom. The van der Waals surface area contributed by atoms with Crippen molar-refractivity contribution in [3.63, 3.8) is 0 Å². The number of hydrogen-bond acceptors (Lipinski definition) is 1. The highest BCUT2D eigenvalue weighted by atomic mass is 15.2. The maximum Gasteiger partial charge on any atom is 0.105 e. The minimum atomic E-state index is 0.379. The fourth-order valence-corrected chi connectivity index (χ4v) is 1.94. The average molecular weight is 167 g/mol. The lowest BCUT2D eigenvalue weighted by atomic mass is 9.78. The maximum atomic E-state index is 2.61. The van der Waals surface area contributed by atoms with Gasteiger partial charge >= 0.3 is 0 Å². The molecule has 0 aliphatic carbocycles. The van der Waals surface area contributed by atoms with Crippen molar-refractivity contribution >= 4 is 7.85 Å². The van der Waals surface area contributed by atoms with Gasteiger partial charge in [0.2, 0.25) is 0 Å². The first kappa shape index (κ1) is 10.1. The van der Waals surface area contributed by atoms with Gasteiger partial charge in [-0.25, -0.2) is 0 Å². The molecule has 1 heterocycles. The molecule has 1 fully saturated rings. The van der Waals surface area contributed by atoms with Crippen molar-refractivity contribution < 1.29 is 0 Å². The van der Waals surface area contributed by atoms with Crippen LogP contribution < -0.4 is 0 Å². The summed E-state index contributed by atoms with van der Waals surface area (Å²) < 4.78 is 0. The number of rotatable bonds is 1. The topological polar surface area (TPSA) is 3.24 Å². The zero-order chi connectivity index (χ0) is 9.35. The van der Waals surface area contributed by atoms with Crippen LogP contribution in [0.3, 0.4) is 0 Å². The van der Waals surface area contributed by atoms with Crippen LogP contribution in [-0.2, 0) is 0 Å². The van der Waals surface area contributed by atoms with Crippen LogP contribution in [0.4, 0.5) is 0 Å². The van der Waals surface area contributed by atoms with Gasteiger partial charge in [-0.05, 0) is 39.7 Å². The van der Waals surface area contributed by atoms with Gasteiger partial charge in [0.25, 0.3) is 0 Å². The fraction of sp³-hybridized carbons (Fsp3) is 1.00. The quantitative estimate of drug-likeness (QED) is 0.535. The van der Waals surface area contributed by atoms with Gasteiger partial charge in [0.05, 0.1) is 0 Å². The predicted octanol–water partition coefficient (Wildman–Crippen LogP) is 1.55. The molecule has 0 aromatic heterocycles. The van der Waals surface area contributed by atoms with Crippen molar-refractivity contribution in [2.75, 3.05) is 13.1 Å². The van der Waals surface area contributed by atoms with Gasteiger partial charge in [0.15, 0.2) is 0 Å². The van der Waals surface area contributed by atoms with Gasteiger partial charge in [-0.2, -0.15) is 0 Å². The summed E-state index contributed by atoms with van der Waals surface area (Å²) in [6.07, 6.45) is 1.40. The zero-order valence-electron chi connectivity index (χ0n) is 9.22. The third-order valence-electron chi connectivity index (χ3n) is 3.12. The SMILES string of the molecule is BC(C)C1CCN(C(C)(C)C)C1. The summed E-state index contributed by atoms with van der Waals surface area (Å²) in [6, 6.07) is 0. The van der Waals surface area contributed by atoms with E-state index in [0.29, 0.717) is 5.54 Å². The average Bonchev–Trinajstić information content (AvgIpc) is 2.30. The van der Waals surface area contributed by atoms with Crippen LogP contribution in [0.2, 0.25) is 5.82 Å². The Hall–Kier alpha value is 0.0249. The lowest BCUT2D eigenvalue weighted by Crippen LogP contribution is -2.39. The van der Waals surface area contributed by atoms with Gasteiger partial charge < -0.3 is 0 Å². The van der Waals surface area contributed by atoms with Crippen molar-refractivity contribution in [1.82, 2.24) is 4.90 Å². The molecule has 1 saturated heterocycles. The van der Waals surface area contributed by atoms with Crippen LogP contribution in [0, 0.1) is 5.92 Å². The Bertz CT molecular complexity index is 148. The van der Waals surface area contributed by atoms with Gasteiger partial charge in [0, 0.05) is 12.1 Å². The summed E-state index contributed by atoms with van der Waals surface area (Å²) in [7, 11) is 2.34. The summed E-state index contributed by atoms with van der Waals surface area (Å²) in [5.74, 6) is 1.79. The summed E-state index contributed by atoms with van der Waals surface area (Å²) >= 11 is 0. The van der Waals surface area contributed by atoms with Crippen LogP contribution in [0.15, 0.2) is 0 Å². The third kappa shape index (κ3) is 2.26. The largest absolute Gasteiger partial charge is 0.298 e. The Morgan fingerprint density at radius 2 is 2.00 bits per heavy atom. The fourth-order valence-electron chi connectivity index (χ4n) is 1.94. The summed E-state index contributed by atoms with van der Waals surface area (Å²) in [5, 5.41) is 0. The van der Waals surface area contributed by atoms with Gasteiger partial charge in [-0.1, -0.05) is 12.7 Å². The molecule has 0 saturated carbocycles. The Labute approximate surface area is 77.9 Å². The summed E-state index contributed by atoms with van der Waals surface area (Å²) in [6.45, 7) is 11.9. The van der Waals surface area contributed by atoms with E-state index in [9.17, 15) is 0 Å². The van der Waals surface area contributed by atoms with E-state index < -0.39 is 0 Å². The number of nitrogens with zero attached hydrogens (tertiary/aromatic N) is 1.